The van der Waals surface area contributed by atoms with Crippen LogP contribution < -0.4 is 0 Å². The number of carbonyl (C=O) groups is 2. The molecular formula is C20H21NO4S. The molecule has 1 aliphatic rings. The smallest absolute Gasteiger partial charge is 0.243 e. The predicted octanol–water partition coefficient (Wildman–Crippen LogP) is 3.23. The Morgan fingerprint density at radius 3 is 2.38 bits per heavy atom. The van der Waals surface area contributed by atoms with Gasteiger partial charge in [-0.3, -0.25) is 9.59 Å². The quantitative estimate of drug-likeness (QED) is 0.757. The highest BCUT2D eigenvalue weighted by molar-refractivity contribution is 7.89. The Labute approximate surface area is 153 Å². The SMILES string of the molecule is CC(=O)c1cccc(S(=O)(=O)N2CCCC2C(=O)c2ccc(C)cc2)c1. The van der Waals surface area contributed by atoms with Crippen molar-refractivity contribution in [2.75, 3.05) is 6.54 Å². The molecule has 1 atom stereocenters. The zero-order valence-electron chi connectivity index (χ0n) is 14.8. The van der Waals surface area contributed by atoms with Gasteiger partial charge in [0.05, 0.1) is 10.9 Å². The van der Waals surface area contributed by atoms with Gasteiger partial charge < -0.3 is 0 Å². The van der Waals surface area contributed by atoms with Crippen molar-refractivity contribution >= 4 is 21.6 Å². The molecule has 6 heteroatoms. The van der Waals surface area contributed by atoms with Crippen molar-refractivity contribution in [3.63, 3.8) is 0 Å². The molecular weight excluding hydrogens is 350 g/mol. The fourth-order valence-electron chi connectivity index (χ4n) is 3.21. The van der Waals surface area contributed by atoms with Gasteiger partial charge in [0.2, 0.25) is 10.0 Å². The molecule has 1 aliphatic heterocycles. The first kappa shape index (κ1) is 18.5. The highest BCUT2D eigenvalue weighted by Crippen LogP contribution is 2.28. The molecule has 0 N–H and O–H groups in total. The second-order valence-electron chi connectivity index (χ2n) is 6.59. The van der Waals surface area contributed by atoms with E-state index in [2.05, 4.69) is 0 Å². The number of nitrogens with zero attached hydrogens (tertiary/aromatic N) is 1. The number of hydrogen-bond acceptors (Lipinski definition) is 4. The zero-order valence-corrected chi connectivity index (χ0v) is 15.6. The van der Waals surface area contributed by atoms with Gasteiger partial charge in [0.1, 0.15) is 0 Å². The Hall–Kier alpha value is -2.31. The lowest BCUT2D eigenvalue weighted by atomic mass is 10.0. The number of sulfonamides is 1. The number of Topliss-reactive ketones (excluding diaryl/α,β-unsaturated/α-hetero) is 2. The van der Waals surface area contributed by atoms with E-state index in [1.807, 2.05) is 19.1 Å². The van der Waals surface area contributed by atoms with Crippen LogP contribution in [0.4, 0.5) is 0 Å². The average Bonchev–Trinajstić information content (AvgIpc) is 3.12. The van der Waals surface area contributed by atoms with Gasteiger partial charge in [0.15, 0.2) is 11.6 Å². The monoisotopic (exact) mass is 371 g/mol. The summed E-state index contributed by atoms with van der Waals surface area (Å²) < 4.78 is 27.4. The summed E-state index contributed by atoms with van der Waals surface area (Å²) in [5.74, 6) is -0.385. The minimum Gasteiger partial charge on any atom is -0.295 e. The molecule has 0 bridgehead atoms. The molecule has 0 aliphatic carbocycles. The van der Waals surface area contributed by atoms with Crippen molar-refractivity contribution in [2.24, 2.45) is 0 Å². The Morgan fingerprint density at radius 2 is 1.73 bits per heavy atom. The summed E-state index contributed by atoms with van der Waals surface area (Å²) >= 11 is 0. The number of carbonyl (C=O) groups excluding carboxylic acids is 2. The largest absolute Gasteiger partial charge is 0.295 e. The average molecular weight is 371 g/mol. The van der Waals surface area contributed by atoms with Crippen LogP contribution >= 0.6 is 0 Å². The van der Waals surface area contributed by atoms with E-state index in [0.29, 0.717) is 30.5 Å². The highest BCUT2D eigenvalue weighted by atomic mass is 32.2. The van der Waals surface area contributed by atoms with Gasteiger partial charge in [-0.2, -0.15) is 4.31 Å². The number of aryl methyl sites for hydroxylation is 1. The lowest BCUT2D eigenvalue weighted by Gasteiger charge is -2.23. The maximum atomic E-state index is 13.1. The first-order chi connectivity index (χ1) is 12.3. The highest BCUT2D eigenvalue weighted by Gasteiger charge is 2.39. The third-order valence-electron chi connectivity index (χ3n) is 4.69. The molecule has 1 unspecified atom stereocenters. The van der Waals surface area contributed by atoms with Gasteiger partial charge in [-0.15, -0.1) is 0 Å². The van der Waals surface area contributed by atoms with Crippen molar-refractivity contribution in [1.29, 1.82) is 0 Å². The fraction of sp³-hybridized carbons (Fsp3) is 0.300. The van der Waals surface area contributed by atoms with Crippen LogP contribution in [0, 0.1) is 6.92 Å². The lowest BCUT2D eigenvalue weighted by Crippen LogP contribution is -2.40. The van der Waals surface area contributed by atoms with E-state index in [-0.39, 0.29) is 16.5 Å². The van der Waals surface area contributed by atoms with Crippen LogP contribution in [0.2, 0.25) is 0 Å². The maximum absolute atomic E-state index is 13.1. The van der Waals surface area contributed by atoms with E-state index in [1.54, 1.807) is 24.3 Å². The van der Waals surface area contributed by atoms with E-state index in [0.717, 1.165) is 5.56 Å². The third-order valence-corrected chi connectivity index (χ3v) is 6.59. The van der Waals surface area contributed by atoms with Crippen LogP contribution in [0.15, 0.2) is 53.4 Å². The topological polar surface area (TPSA) is 71.5 Å². The van der Waals surface area contributed by atoms with E-state index in [1.165, 1.54) is 23.4 Å². The summed E-state index contributed by atoms with van der Waals surface area (Å²) in [4.78, 5) is 24.5. The molecule has 0 radical (unpaired) electrons. The Morgan fingerprint density at radius 1 is 1.04 bits per heavy atom. The summed E-state index contributed by atoms with van der Waals surface area (Å²) in [5, 5.41) is 0. The maximum Gasteiger partial charge on any atom is 0.243 e. The van der Waals surface area contributed by atoms with Crippen molar-refractivity contribution in [1.82, 2.24) is 4.31 Å². The summed E-state index contributed by atoms with van der Waals surface area (Å²) in [5.41, 5.74) is 1.89. The third kappa shape index (κ3) is 3.48. The van der Waals surface area contributed by atoms with Crippen LogP contribution in [0.1, 0.15) is 46.0 Å². The zero-order chi connectivity index (χ0) is 18.9. The minimum atomic E-state index is -3.84. The second-order valence-corrected chi connectivity index (χ2v) is 8.48. The van der Waals surface area contributed by atoms with Crippen LogP contribution in [0.25, 0.3) is 0 Å². The predicted molar refractivity (Wildman–Crippen MR) is 98.9 cm³/mol. The molecule has 3 rings (SSSR count). The van der Waals surface area contributed by atoms with Gasteiger partial charge in [0.25, 0.3) is 0 Å². The van der Waals surface area contributed by atoms with Gasteiger partial charge in [-0.1, -0.05) is 42.0 Å². The molecule has 0 amide bonds. The van der Waals surface area contributed by atoms with Crippen LogP contribution in [-0.2, 0) is 10.0 Å². The van der Waals surface area contributed by atoms with Crippen molar-refractivity contribution in [3.05, 3.63) is 65.2 Å². The molecule has 2 aromatic carbocycles. The Kier molecular flexibility index (Phi) is 5.07. The molecule has 0 saturated carbocycles. The van der Waals surface area contributed by atoms with E-state index < -0.39 is 16.1 Å². The molecule has 26 heavy (non-hydrogen) atoms. The second kappa shape index (κ2) is 7.13. The first-order valence-corrected chi connectivity index (χ1v) is 9.98. The molecule has 0 spiro atoms. The van der Waals surface area contributed by atoms with Gasteiger partial charge in [0, 0.05) is 17.7 Å². The van der Waals surface area contributed by atoms with E-state index in [4.69, 9.17) is 0 Å². The molecule has 1 fully saturated rings. The van der Waals surface area contributed by atoms with Crippen LogP contribution in [0.3, 0.4) is 0 Å². The normalized spacial score (nSPS) is 18.0. The van der Waals surface area contributed by atoms with Crippen molar-refractivity contribution < 1.29 is 18.0 Å². The molecule has 0 aromatic heterocycles. The van der Waals surface area contributed by atoms with Gasteiger partial charge in [-0.25, -0.2) is 8.42 Å². The summed E-state index contributed by atoms with van der Waals surface area (Å²) in [7, 11) is -3.84. The molecule has 2 aromatic rings. The Bertz CT molecular complexity index is 948. The Balaban J connectivity index is 1.94. The van der Waals surface area contributed by atoms with Crippen molar-refractivity contribution in [2.45, 2.75) is 37.6 Å². The molecule has 136 valence electrons. The summed E-state index contributed by atoms with van der Waals surface area (Å²) in [6.07, 6.45) is 1.13. The molecule has 1 heterocycles. The van der Waals surface area contributed by atoms with Gasteiger partial charge in [-0.05, 0) is 38.8 Å². The lowest BCUT2D eigenvalue weighted by molar-refractivity contribution is 0.0917. The molecule has 5 nitrogen and oxygen atoms in total. The minimum absolute atomic E-state index is 0.0498. The number of rotatable bonds is 5. The van der Waals surface area contributed by atoms with Crippen LogP contribution in [0.5, 0.6) is 0 Å². The number of hydrogen-bond donors (Lipinski definition) is 0. The standard InChI is InChI=1S/C20H21NO4S/c1-14-8-10-16(11-9-14)20(23)19-7-4-12-21(19)26(24,25)18-6-3-5-17(13-18)15(2)22/h3,5-6,8-11,13,19H,4,7,12H2,1-2H3. The van der Waals surface area contributed by atoms with Crippen LogP contribution in [-0.4, -0.2) is 36.9 Å². The summed E-state index contributed by atoms with van der Waals surface area (Å²) in [6, 6.07) is 12.4. The van der Waals surface area contributed by atoms with E-state index >= 15 is 0 Å². The number of benzene rings is 2. The molecule has 1 saturated heterocycles. The van der Waals surface area contributed by atoms with Crippen molar-refractivity contribution in [3.8, 4) is 0 Å². The summed E-state index contributed by atoms with van der Waals surface area (Å²) in [6.45, 7) is 3.63. The first-order valence-electron chi connectivity index (χ1n) is 8.54. The van der Waals surface area contributed by atoms with Gasteiger partial charge >= 0.3 is 0 Å². The number of ketones is 2. The van der Waals surface area contributed by atoms with E-state index in [9.17, 15) is 18.0 Å². The fourth-order valence-corrected chi connectivity index (χ4v) is 4.91.